The fraction of sp³-hybridized carbons (Fsp3) is 0.538. The first-order chi connectivity index (χ1) is 33.1. The third kappa shape index (κ3) is 9.35. The van der Waals surface area contributed by atoms with Gasteiger partial charge in [-0.25, -0.2) is 4.67 Å². The average molecular weight is 968 g/mol. The molecule has 8 rings (SSSR count). The maximum Gasteiger partial charge on any atom is 0.306 e. The number of methoxy groups -OCH3 is 3. The van der Waals surface area contributed by atoms with Gasteiger partial charge in [0.05, 0.1) is 60.0 Å². The quantitative estimate of drug-likeness (QED) is 0.0506. The highest BCUT2D eigenvalue weighted by Crippen LogP contribution is 2.65. The summed E-state index contributed by atoms with van der Waals surface area (Å²) in [4.78, 5) is 45.0. The van der Waals surface area contributed by atoms with E-state index < -0.39 is 55.8 Å². The molecule has 3 aromatic carbocycles. The van der Waals surface area contributed by atoms with Gasteiger partial charge in [0.25, 0.3) is 14.4 Å². The molecular formula is C52H66N5O11P. The summed E-state index contributed by atoms with van der Waals surface area (Å²) in [5.41, 5.74) is -1.17. The zero-order chi connectivity index (χ0) is 49.3. The number of hydrogen-bond donors (Lipinski definition) is 2. The summed E-state index contributed by atoms with van der Waals surface area (Å²) >= 11 is 0. The van der Waals surface area contributed by atoms with E-state index in [1.54, 1.807) is 32.2 Å². The highest BCUT2D eigenvalue weighted by Gasteiger charge is 2.71. The smallest absolute Gasteiger partial charge is 0.306 e. The molecule has 17 heteroatoms. The number of nitriles is 1. The van der Waals surface area contributed by atoms with Crippen molar-refractivity contribution in [2.45, 2.75) is 128 Å². The predicted molar refractivity (Wildman–Crippen MR) is 256 cm³/mol. The van der Waals surface area contributed by atoms with Gasteiger partial charge < -0.3 is 53.0 Å². The van der Waals surface area contributed by atoms with E-state index in [-0.39, 0.29) is 62.0 Å². The number of aliphatic hydroxyl groups excluding tert-OH is 1. The predicted octanol–water partition coefficient (Wildman–Crippen LogP) is 7.10. The molecule has 0 radical (unpaired) electrons. The lowest BCUT2D eigenvalue weighted by Gasteiger charge is -2.46. The SMILES string of the molecule is COC(=O)CC12CCC(C(=O)N3C[C@]4(COC(c5ccccc5)(c5ccc(OC)cc5)c5ccc(OC)cc5)O[C@@H](N5C=C(C)C(=O)NC5O)C3C4OP(OCCC#N)N(C(C)C)C(C)C)(CC1)C2. The molecular weight excluding hydrogens is 902 g/mol. The van der Waals surface area contributed by atoms with Crippen LogP contribution in [0.3, 0.4) is 0 Å². The van der Waals surface area contributed by atoms with E-state index in [2.05, 4.69) is 43.8 Å². The van der Waals surface area contributed by atoms with E-state index >= 15 is 4.79 Å². The second-order valence-corrected chi connectivity index (χ2v) is 21.1. The Kier molecular flexibility index (Phi) is 14.8. The number of aliphatic hydroxyl groups is 1. The number of ether oxygens (including phenoxy) is 5. The van der Waals surface area contributed by atoms with Gasteiger partial charge in [-0.15, -0.1) is 0 Å². The van der Waals surface area contributed by atoms with Gasteiger partial charge in [0.1, 0.15) is 34.8 Å². The number of rotatable bonds is 20. The number of benzene rings is 3. The first kappa shape index (κ1) is 50.3. The summed E-state index contributed by atoms with van der Waals surface area (Å²) in [5, 5.41) is 24.0. The third-order valence-electron chi connectivity index (χ3n) is 14.8. The largest absolute Gasteiger partial charge is 0.497 e. The summed E-state index contributed by atoms with van der Waals surface area (Å²) < 4.78 is 47.6. The van der Waals surface area contributed by atoms with Gasteiger partial charge in [-0.1, -0.05) is 54.6 Å². The van der Waals surface area contributed by atoms with Gasteiger partial charge in [-0.3, -0.25) is 14.4 Å². The van der Waals surface area contributed by atoms with Gasteiger partial charge in [0.2, 0.25) is 12.3 Å². The summed E-state index contributed by atoms with van der Waals surface area (Å²) in [6.45, 7) is 9.88. The van der Waals surface area contributed by atoms with E-state index in [9.17, 15) is 20.0 Å². The highest BCUT2D eigenvalue weighted by molar-refractivity contribution is 7.44. The second-order valence-electron chi connectivity index (χ2n) is 19.7. The molecule has 370 valence electrons. The molecule has 3 heterocycles. The molecule has 4 fully saturated rings. The van der Waals surface area contributed by atoms with E-state index in [1.165, 1.54) is 7.11 Å². The van der Waals surface area contributed by atoms with Crippen molar-refractivity contribution in [3.63, 3.8) is 0 Å². The number of hydrogen-bond acceptors (Lipinski definition) is 14. The van der Waals surface area contributed by atoms with Crippen molar-refractivity contribution in [3.05, 3.63) is 107 Å². The Morgan fingerprint density at radius 3 is 2.07 bits per heavy atom. The molecule has 3 aliphatic heterocycles. The molecule has 0 aromatic heterocycles. The van der Waals surface area contributed by atoms with Gasteiger partial charge in [-0.2, -0.15) is 5.26 Å². The van der Waals surface area contributed by atoms with Gasteiger partial charge in [0.15, 0.2) is 6.23 Å². The van der Waals surface area contributed by atoms with Crippen LogP contribution < -0.4 is 14.8 Å². The van der Waals surface area contributed by atoms with Crippen LogP contribution in [0.4, 0.5) is 0 Å². The van der Waals surface area contributed by atoms with E-state index in [0.717, 1.165) is 16.7 Å². The maximum absolute atomic E-state index is 15.9. The third-order valence-corrected chi connectivity index (χ3v) is 16.9. The number of nitrogens with one attached hydrogen (secondary N) is 1. The monoisotopic (exact) mass is 967 g/mol. The van der Waals surface area contributed by atoms with Crippen molar-refractivity contribution in [2.75, 3.05) is 41.1 Å². The van der Waals surface area contributed by atoms with Crippen LogP contribution in [-0.4, -0.2) is 121 Å². The topological polar surface area (TPSA) is 182 Å². The average Bonchev–Trinajstić information content (AvgIpc) is 4.08. The maximum atomic E-state index is 15.9. The van der Waals surface area contributed by atoms with Crippen LogP contribution in [-0.2, 0) is 43.2 Å². The minimum atomic E-state index is -1.93. The summed E-state index contributed by atoms with van der Waals surface area (Å²) in [6.07, 6.45) is 1.55. The van der Waals surface area contributed by atoms with Crippen LogP contribution in [0.2, 0.25) is 0 Å². The van der Waals surface area contributed by atoms with E-state index in [4.69, 9.17) is 32.7 Å². The number of nitrogens with zero attached hydrogens (tertiary/aromatic N) is 4. The second kappa shape index (κ2) is 20.3. The Labute approximate surface area is 406 Å². The molecule has 2 N–H and O–H groups in total. The van der Waals surface area contributed by atoms with Crippen LogP contribution in [0.5, 0.6) is 11.5 Å². The molecule has 2 saturated heterocycles. The van der Waals surface area contributed by atoms with Crippen LogP contribution >= 0.6 is 8.53 Å². The Bertz CT molecular complexity index is 2330. The number of likely N-dealkylation sites (tertiary alicyclic amines) is 1. The molecule has 3 aromatic rings. The minimum Gasteiger partial charge on any atom is -0.497 e. The number of esters is 1. The number of carbonyl (C=O) groups is 3. The first-order valence-electron chi connectivity index (χ1n) is 23.8. The van der Waals surface area contributed by atoms with Crippen molar-refractivity contribution in [3.8, 4) is 17.6 Å². The van der Waals surface area contributed by atoms with Crippen molar-refractivity contribution < 1.29 is 52.2 Å². The fourth-order valence-electron chi connectivity index (χ4n) is 11.6. The normalized spacial score (nSPS) is 27.7. The molecule has 6 atom stereocenters. The lowest BCUT2D eigenvalue weighted by atomic mass is 9.79. The number of carbonyl (C=O) groups excluding carboxylic acids is 3. The Morgan fingerprint density at radius 2 is 1.52 bits per heavy atom. The molecule has 4 bridgehead atoms. The Morgan fingerprint density at radius 1 is 0.928 bits per heavy atom. The number of amides is 2. The van der Waals surface area contributed by atoms with E-state index in [1.807, 2.05) is 83.8 Å². The highest BCUT2D eigenvalue weighted by atomic mass is 31.2. The Hall–Kier alpha value is -5.11. The summed E-state index contributed by atoms with van der Waals surface area (Å²) in [6, 6.07) is 26.5. The molecule has 2 saturated carbocycles. The van der Waals surface area contributed by atoms with Gasteiger partial charge in [-0.05, 0) is 113 Å². The van der Waals surface area contributed by atoms with Gasteiger partial charge in [0, 0.05) is 29.3 Å². The van der Waals surface area contributed by atoms with Crippen LogP contribution in [0.1, 0.15) is 96.3 Å². The zero-order valence-electron chi connectivity index (χ0n) is 40.9. The Balaban J connectivity index is 1.31. The number of morpholine rings is 1. The van der Waals surface area contributed by atoms with Crippen LogP contribution in [0, 0.1) is 22.2 Å². The van der Waals surface area contributed by atoms with Crippen LogP contribution in [0.25, 0.3) is 0 Å². The van der Waals surface area contributed by atoms with Crippen LogP contribution in [0.15, 0.2) is 90.6 Å². The first-order valence-corrected chi connectivity index (χ1v) is 25.0. The summed E-state index contributed by atoms with van der Waals surface area (Å²) in [7, 11) is 2.70. The lowest BCUT2D eigenvalue weighted by molar-refractivity contribution is -0.213. The molecule has 16 nitrogen and oxygen atoms in total. The standard InChI is InChI=1S/C52H66N5O11P/c1-34(2)57(35(3)4)69(66-28-12-27-53)68-44-43-46(55-30-36(5)45(59)54-48(55)61)67-51(44,32-56(43)47(60)50-25-23-49(31-50,24-26-50)29-42(58)64-8)33-65-52(37-13-10-9-11-14-37,38-15-19-40(62-6)20-16-38)39-17-21-41(63-7)22-18-39/h9-11,13-22,30,34-35,43-44,46,48,61H,12,23-26,28-29,31-33H2,1-8H3,(H,54,59)/t43?,44?,46-,48?,49?,50?,51-,69?/m1/s1. The van der Waals surface area contributed by atoms with Crippen molar-refractivity contribution >= 4 is 26.3 Å². The van der Waals surface area contributed by atoms with Gasteiger partial charge >= 0.3 is 5.97 Å². The molecule has 2 aliphatic carbocycles. The number of fused-ring (bicyclic) bond motifs is 4. The van der Waals surface area contributed by atoms with Crippen molar-refractivity contribution in [1.82, 2.24) is 19.8 Å². The molecule has 4 unspecified atom stereocenters. The van der Waals surface area contributed by atoms with E-state index in [0.29, 0.717) is 49.2 Å². The summed E-state index contributed by atoms with van der Waals surface area (Å²) in [5.74, 6) is 0.499. The molecule has 2 amide bonds. The molecule has 5 aliphatic rings. The fourth-order valence-corrected chi connectivity index (χ4v) is 13.4. The van der Waals surface area contributed by atoms with Crippen molar-refractivity contribution in [2.24, 2.45) is 10.8 Å². The molecule has 69 heavy (non-hydrogen) atoms. The molecule has 0 spiro atoms. The zero-order valence-corrected chi connectivity index (χ0v) is 41.8. The van der Waals surface area contributed by atoms with Crippen molar-refractivity contribution in [1.29, 1.82) is 5.26 Å². The minimum absolute atomic E-state index is 0.0449. The lowest BCUT2D eigenvalue weighted by Crippen LogP contribution is -2.63.